The standard InChI is InChI=1S/C14H23F2N/c1-12(2)9-3-4-10(11(12)5-9)13(8-17)6-14(15,16)7-13/h9-11H,3-8,17H2,1-2H3. The number of hydrogen-bond acceptors (Lipinski definition) is 1. The average Bonchev–Trinajstić information content (AvgIpc) is 2.25. The average molecular weight is 243 g/mol. The van der Waals surface area contributed by atoms with Gasteiger partial charge in [0.25, 0.3) is 0 Å². The zero-order chi connectivity index (χ0) is 12.5. The van der Waals surface area contributed by atoms with Crippen LogP contribution in [0.25, 0.3) is 0 Å². The Morgan fingerprint density at radius 1 is 1.12 bits per heavy atom. The highest BCUT2D eigenvalue weighted by Gasteiger charge is 2.65. The number of alkyl halides is 2. The maximum atomic E-state index is 13.3. The molecule has 4 fully saturated rings. The first-order valence-corrected chi connectivity index (χ1v) is 6.89. The Morgan fingerprint density at radius 3 is 2.18 bits per heavy atom. The minimum Gasteiger partial charge on any atom is -0.330 e. The summed E-state index contributed by atoms with van der Waals surface area (Å²) in [5.41, 5.74) is 5.99. The molecule has 4 aliphatic carbocycles. The Morgan fingerprint density at radius 2 is 1.76 bits per heavy atom. The summed E-state index contributed by atoms with van der Waals surface area (Å²) in [4.78, 5) is 0. The van der Waals surface area contributed by atoms with E-state index in [4.69, 9.17) is 5.73 Å². The van der Waals surface area contributed by atoms with Crippen molar-refractivity contribution in [1.82, 2.24) is 0 Å². The molecule has 0 aromatic rings. The van der Waals surface area contributed by atoms with Crippen LogP contribution in [-0.2, 0) is 0 Å². The van der Waals surface area contributed by atoms with Crippen LogP contribution in [-0.4, -0.2) is 12.5 Å². The van der Waals surface area contributed by atoms with Gasteiger partial charge >= 0.3 is 0 Å². The van der Waals surface area contributed by atoms with E-state index in [-0.39, 0.29) is 18.3 Å². The monoisotopic (exact) mass is 243 g/mol. The quantitative estimate of drug-likeness (QED) is 0.790. The zero-order valence-electron chi connectivity index (χ0n) is 10.8. The first kappa shape index (κ1) is 11.9. The number of fused-ring (bicyclic) bond motifs is 2. The van der Waals surface area contributed by atoms with Crippen molar-refractivity contribution in [2.75, 3.05) is 6.54 Å². The van der Waals surface area contributed by atoms with E-state index in [1.54, 1.807) is 0 Å². The maximum absolute atomic E-state index is 13.3. The van der Waals surface area contributed by atoms with Gasteiger partial charge < -0.3 is 5.73 Å². The highest BCUT2D eigenvalue weighted by atomic mass is 19.3. The molecule has 17 heavy (non-hydrogen) atoms. The van der Waals surface area contributed by atoms with Crippen molar-refractivity contribution in [3.05, 3.63) is 0 Å². The molecule has 0 amide bonds. The van der Waals surface area contributed by atoms with E-state index in [1.165, 1.54) is 12.8 Å². The molecular weight excluding hydrogens is 220 g/mol. The SMILES string of the molecule is CC1(C)C2CCC(C3(CN)CC(F)(F)C3)C1C2. The van der Waals surface area contributed by atoms with Gasteiger partial charge in [0.2, 0.25) is 5.92 Å². The molecule has 3 atom stereocenters. The smallest absolute Gasteiger partial charge is 0.249 e. The van der Waals surface area contributed by atoms with Crippen molar-refractivity contribution in [3.8, 4) is 0 Å². The summed E-state index contributed by atoms with van der Waals surface area (Å²) in [6.45, 7) is 5.09. The lowest BCUT2D eigenvalue weighted by atomic mass is 9.39. The fraction of sp³-hybridized carbons (Fsp3) is 1.00. The summed E-state index contributed by atoms with van der Waals surface area (Å²) in [6, 6.07) is 0. The van der Waals surface area contributed by atoms with Crippen LogP contribution in [0.2, 0.25) is 0 Å². The molecule has 4 aliphatic rings. The molecule has 0 radical (unpaired) electrons. The lowest BCUT2D eigenvalue weighted by Crippen LogP contribution is -2.63. The van der Waals surface area contributed by atoms with Gasteiger partial charge in [-0.1, -0.05) is 13.8 Å². The molecule has 0 spiro atoms. The van der Waals surface area contributed by atoms with Crippen molar-refractivity contribution < 1.29 is 8.78 Å². The molecule has 3 heteroatoms. The highest BCUT2D eigenvalue weighted by molar-refractivity contribution is 5.12. The normalized spacial score (nSPS) is 44.6. The van der Waals surface area contributed by atoms with E-state index in [9.17, 15) is 8.78 Å². The number of rotatable bonds is 2. The third-order valence-electron chi connectivity index (χ3n) is 6.27. The van der Waals surface area contributed by atoms with Crippen LogP contribution in [0, 0.1) is 28.6 Å². The van der Waals surface area contributed by atoms with E-state index < -0.39 is 5.92 Å². The summed E-state index contributed by atoms with van der Waals surface area (Å²) in [5, 5.41) is 0. The lowest BCUT2D eigenvalue weighted by Gasteiger charge is -2.66. The molecular formula is C14H23F2N. The second kappa shape index (κ2) is 3.23. The Balaban J connectivity index is 1.80. The van der Waals surface area contributed by atoms with Gasteiger partial charge in [-0.15, -0.1) is 0 Å². The summed E-state index contributed by atoms with van der Waals surface area (Å²) in [5.74, 6) is -0.517. The van der Waals surface area contributed by atoms with Crippen LogP contribution in [0.1, 0.15) is 46.0 Å². The Kier molecular flexibility index (Phi) is 2.26. The van der Waals surface area contributed by atoms with Crippen molar-refractivity contribution in [3.63, 3.8) is 0 Å². The third kappa shape index (κ3) is 1.44. The van der Waals surface area contributed by atoms with Crippen LogP contribution in [0.4, 0.5) is 8.78 Å². The van der Waals surface area contributed by atoms with E-state index in [1.807, 2.05) is 0 Å². The van der Waals surface area contributed by atoms with Crippen LogP contribution in [0.3, 0.4) is 0 Å². The second-order valence-corrected chi connectivity index (χ2v) is 7.32. The summed E-state index contributed by atoms with van der Waals surface area (Å²) in [6.07, 6.45) is 3.69. The lowest BCUT2D eigenvalue weighted by molar-refractivity contribution is -0.229. The molecule has 0 saturated heterocycles. The van der Waals surface area contributed by atoms with Crippen LogP contribution >= 0.6 is 0 Å². The van der Waals surface area contributed by atoms with E-state index >= 15 is 0 Å². The van der Waals surface area contributed by atoms with E-state index in [2.05, 4.69) is 13.8 Å². The molecule has 2 bridgehead atoms. The number of halogens is 2. The molecule has 0 aromatic heterocycles. The minimum atomic E-state index is -2.44. The second-order valence-electron chi connectivity index (χ2n) is 7.32. The predicted octanol–water partition coefficient (Wildman–Crippen LogP) is 3.43. The van der Waals surface area contributed by atoms with Gasteiger partial charge in [0.15, 0.2) is 0 Å². The van der Waals surface area contributed by atoms with E-state index in [0.29, 0.717) is 23.8 Å². The third-order valence-corrected chi connectivity index (χ3v) is 6.27. The number of nitrogens with two attached hydrogens (primary N) is 1. The molecule has 2 N–H and O–H groups in total. The summed E-state index contributed by atoms with van der Waals surface area (Å²) < 4.78 is 26.5. The molecule has 1 nitrogen and oxygen atoms in total. The van der Waals surface area contributed by atoms with Gasteiger partial charge in [0.1, 0.15) is 0 Å². The minimum absolute atomic E-state index is 0.0401. The largest absolute Gasteiger partial charge is 0.330 e. The van der Waals surface area contributed by atoms with Crippen molar-refractivity contribution in [2.45, 2.75) is 51.9 Å². The number of hydrogen-bond donors (Lipinski definition) is 1. The van der Waals surface area contributed by atoms with E-state index in [0.717, 1.165) is 12.3 Å². The van der Waals surface area contributed by atoms with Gasteiger partial charge in [0, 0.05) is 12.8 Å². The van der Waals surface area contributed by atoms with Gasteiger partial charge in [0.05, 0.1) is 0 Å². The first-order chi connectivity index (χ1) is 7.81. The van der Waals surface area contributed by atoms with Crippen LogP contribution < -0.4 is 5.73 Å². The molecule has 4 saturated carbocycles. The molecule has 98 valence electrons. The summed E-state index contributed by atoms with van der Waals surface area (Å²) >= 11 is 0. The Bertz CT molecular complexity index is 327. The van der Waals surface area contributed by atoms with Crippen LogP contribution in [0.15, 0.2) is 0 Å². The fourth-order valence-corrected chi connectivity index (χ4v) is 5.08. The Labute approximate surface area is 102 Å². The molecule has 0 aliphatic heterocycles. The first-order valence-electron chi connectivity index (χ1n) is 6.89. The zero-order valence-corrected chi connectivity index (χ0v) is 10.8. The molecule has 4 rings (SSSR count). The van der Waals surface area contributed by atoms with Gasteiger partial charge in [-0.3, -0.25) is 0 Å². The summed E-state index contributed by atoms with van der Waals surface area (Å²) in [7, 11) is 0. The fourth-order valence-electron chi connectivity index (χ4n) is 5.08. The van der Waals surface area contributed by atoms with Crippen molar-refractivity contribution >= 4 is 0 Å². The Hall–Kier alpha value is -0.180. The van der Waals surface area contributed by atoms with Gasteiger partial charge in [-0.2, -0.15) is 0 Å². The van der Waals surface area contributed by atoms with Gasteiger partial charge in [-0.25, -0.2) is 8.78 Å². The predicted molar refractivity (Wildman–Crippen MR) is 63.8 cm³/mol. The highest BCUT2D eigenvalue weighted by Crippen LogP contribution is 2.69. The topological polar surface area (TPSA) is 26.0 Å². The molecule has 0 aromatic carbocycles. The van der Waals surface area contributed by atoms with Crippen molar-refractivity contribution in [1.29, 1.82) is 0 Å². The van der Waals surface area contributed by atoms with Crippen LogP contribution in [0.5, 0.6) is 0 Å². The molecule has 3 unspecified atom stereocenters. The molecule has 0 heterocycles. The van der Waals surface area contributed by atoms with Gasteiger partial charge in [-0.05, 0) is 54.4 Å². The van der Waals surface area contributed by atoms with Crippen molar-refractivity contribution in [2.24, 2.45) is 34.3 Å². The maximum Gasteiger partial charge on any atom is 0.249 e.